The number of methoxy groups -OCH3 is 1. The van der Waals surface area contributed by atoms with E-state index in [9.17, 15) is 4.79 Å². The number of nitrogens with zero attached hydrogens (tertiary/aromatic N) is 1. The van der Waals surface area contributed by atoms with Crippen molar-refractivity contribution < 1.29 is 9.53 Å². The average Bonchev–Trinajstić information content (AvgIpc) is 2.76. The molecule has 0 aliphatic heterocycles. The highest BCUT2D eigenvalue weighted by atomic mass is 16.5. The Bertz CT molecular complexity index is 702. The lowest BCUT2D eigenvalue weighted by Gasteiger charge is -2.14. The summed E-state index contributed by atoms with van der Waals surface area (Å²) < 4.78 is 7.31. The summed E-state index contributed by atoms with van der Waals surface area (Å²) >= 11 is 0. The van der Waals surface area contributed by atoms with E-state index in [-0.39, 0.29) is 5.91 Å². The molecular weight excluding hydrogens is 278 g/mol. The lowest BCUT2D eigenvalue weighted by molar-refractivity contribution is 0.102. The average molecular weight is 301 g/mol. The van der Waals surface area contributed by atoms with Crippen LogP contribution in [0.4, 0.5) is 11.4 Å². The van der Waals surface area contributed by atoms with Gasteiger partial charge in [-0.3, -0.25) is 4.79 Å². The number of carbonyl (C=O) groups excluding carboxylic acids is 1. The van der Waals surface area contributed by atoms with Gasteiger partial charge >= 0.3 is 0 Å². The number of aryl methyl sites for hydroxylation is 1. The van der Waals surface area contributed by atoms with Crippen molar-refractivity contribution in [3.05, 3.63) is 41.2 Å². The van der Waals surface area contributed by atoms with Gasteiger partial charge in [0.25, 0.3) is 5.91 Å². The molecule has 0 bridgehead atoms. The van der Waals surface area contributed by atoms with E-state index < -0.39 is 0 Å². The van der Waals surface area contributed by atoms with Gasteiger partial charge in [-0.2, -0.15) is 0 Å². The molecule has 118 valence electrons. The number of amides is 1. The first-order chi connectivity index (χ1) is 10.3. The summed E-state index contributed by atoms with van der Waals surface area (Å²) in [5.74, 6) is 0.483. The minimum atomic E-state index is -0.167. The molecule has 2 rings (SSSR count). The van der Waals surface area contributed by atoms with Crippen molar-refractivity contribution in [3.63, 3.8) is 0 Å². The van der Waals surface area contributed by atoms with Crippen LogP contribution in [-0.2, 0) is 0 Å². The van der Waals surface area contributed by atoms with Crippen molar-refractivity contribution in [1.82, 2.24) is 4.57 Å². The second kappa shape index (κ2) is 6.13. The molecule has 0 saturated heterocycles. The van der Waals surface area contributed by atoms with E-state index >= 15 is 0 Å². The Balaban J connectivity index is 2.32. The Hall–Kier alpha value is -2.43. The van der Waals surface area contributed by atoms with Gasteiger partial charge in [0, 0.05) is 23.5 Å². The highest BCUT2D eigenvalue weighted by molar-refractivity contribution is 6.06. The van der Waals surface area contributed by atoms with Gasteiger partial charge < -0.3 is 20.4 Å². The summed E-state index contributed by atoms with van der Waals surface area (Å²) in [6.07, 6.45) is 0. The molecule has 1 aromatic heterocycles. The summed E-state index contributed by atoms with van der Waals surface area (Å²) in [6.45, 7) is 8.16. The van der Waals surface area contributed by atoms with E-state index in [1.165, 1.54) is 0 Å². The van der Waals surface area contributed by atoms with Crippen LogP contribution >= 0.6 is 0 Å². The number of nitrogens with one attached hydrogen (secondary N) is 1. The van der Waals surface area contributed by atoms with Crippen LogP contribution in [0.2, 0.25) is 0 Å². The summed E-state index contributed by atoms with van der Waals surface area (Å²) in [7, 11) is 1.58. The Kier molecular flexibility index (Phi) is 4.45. The SMILES string of the molecule is COc1ccc(N)c(NC(=O)c2cc(C)n(C(C)C)c2C)c1. The lowest BCUT2D eigenvalue weighted by Crippen LogP contribution is -2.15. The van der Waals surface area contributed by atoms with E-state index in [1.807, 2.05) is 19.9 Å². The molecule has 0 unspecified atom stereocenters. The Morgan fingerprint density at radius 3 is 2.50 bits per heavy atom. The molecule has 22 heavy (non-hydrogen) atoms. The fourth-order valence-corrected chi connectivity index (χ4v) is 2.76. The first-order valence-corrected chi connectivity index (χ1v) is 7.28. The van der Waals surface area contributed by atoms with Gasteiger partial charge in [0.05, 0.1) is 24.0 Å². The number of rotatable bonds is 4. The molecule has 0 radical (unpaired) electrons. The zero-order chi connectivity index (χ0) is 16.4. The number of hydrogen-bond acceptors (Lipinski definition) is 3. The fourth-order valence-electron chi connectivity index (χ4n) is 2.76. The molecule has 5 nitrogen and oxygen atoms in total. The zero-order valence-corrected chi connectivity index (χ0v) is 13.7. The van der Waals surface area contributed by atoms with Crippen molar-refractivity contribution in [2.75, 3.05) is 18.2 Å². The van der Waals surface area contributed by atoms with Gasteiger partial charge in [-0.05, 0) is 45.9 Å². The number of hydrogen-bond donors (Lipinski definition) is 2. The third-order valence-corrected chi connectivity index (χ3v) is 3.75. The van der Waals surface area contributed by atoms with Gasteiger partial charge in [-0.25, -0.2) is 0 Å². The maximum absolute atomic E-state index is 12.6. The molecule has 0 aliphatic rings. The van der Waals surface area contributed by atoms with Crippen LogP contribution in [-0.4, -0.2) is 17.6 Å². The maximum atomic E-state index is 12.6. The van der Waals surface area contributed by atoms with Crippen LogP contribution in [0.25, 0.3) is 0 Å². The number of ether oxygens (including phenoxy) is 1. The second-order valence-electron chi connectivity index (χ2n) is 5.66. The molecule has 1 amide bonds. The van der Waals surface area contributed by atoms with Crippen LogP contribution in [0.15, 0.2) is 24.3 Å². The Morgan fingerprint density at radius 1 is 1.27 bits per heavy atom. The van der Waals surface area contributed by atoms with Gasteiger partial charge in [0.1, 0.15) is 5.75 Å². The maximum Gasteiger partial charge on any atom is 0.257 e. The molecule has 1 aromatic carbocycles. The van der Waals surface area contributed by atoms with Crippen molar-refractivity contribution >= 4 is 17.3 Å². The van der Waals surface area contributed by atoms with Crippen LogP contribution in [0.3, 0.4) is 0 Å². The van der Waals surface area contributed by atoms with E-state index in [2.05, 4.69) is 23.7 Å². The van der Waals surface area contributed by atoms with E-state index in [0.29, 0.717) is 28.7 Å². The molecular formula is C17H23N3O2. The van der Waals surface area contributed by atoms with E-state index in [0.717, 1.165) is 11.4 Å². The minimum absolute atomic E-state index is 0.167. The highest BCUT2D eigenvalue weighted by Crippen LogP contribution is 2.26. The number of carbonyl (C=O) groups is 1. The number of benzene rings is 1. The molecule has 0 fully saturated rings. The first-order valence-electron chi connectivity index (χ1n) is 7.28. The number of nitrogen functional groups attached to an aromatic ring is 1. The smallest absolute Gasteiger partial charge is 0.257 e. The van der Waals surface area contributed by atoms with Crippen molar-refractivity contribution in [2.24, 2.45) is 0 Å². The second-order valence-corrected chi connectivity index (χ2v) is 5.66. The molecule has 0 aliphatic carbocycles. The predicted molar refractivity (Wildman–Crippen MR) is 89.7 cm³/mol. The summed E-state index contributed by atoms with van der Waals surface area (Å²) in [5.41, 5.74) is 9.65. The molecule has 0 atom stereocenters. The summed E-state index contributed by atoms with van der Waals surface area (Å²) in [6, 6.07) is 7.40. The van der Waals surface area contributed by atoms with Gasteiger partial charge in [0.2, 0.25) is 0 Å². The van der Waals surface area contributed by atoms with Crippen molar-refractivity contribution in [3.8, 4) is 5.75 Å². The summed E-state index contributed by atoms with van der Waals surface area (Å²) in [5, 5.41) is 2.86. The number of nitrogens with two attached hydrogens (primary N) is 1. The quantitative estimate of drug-likeness (QED) is 0.849. The fraction of sp³-hybridized carbons (Fsp3) is 0.353. The first kappa shape index (κ1) is 15.9. The van der Waals surface area contributed by atoms with Gasteiger partial charge in [-0.1, -0.05) is 0 Å². The number of anilines is 2. The Labute approximate surface area is 131 Å². The third-order valence-electron chi connectivity index (χ3n) is 3.75. The third kappa shape index (κ3) is 2.93. The number of aromatic nitrogens is 1. The normalized spacial score (nSPS) is 10.8. The van der Waals surface area contributed by atoms with Crippen molar-refractivity contribution in [1.29, 1.82) is 0 Å². The monoisotopic (exact) mass is 301 g/mol. The van der Waals surface area contributed by atoms with Crippen molar-refractivity contribution in [2.45, 2.75) is 33.7 Å². The topological polar surface area (TPSA) is 69.3 Å². The van der Waals surface area contributed by atoms with Crippen LogP contribution in [0, 0.1) is 13.8 Å². The zero-order valence-electron chi connectivity index (χ0n) is 13.7. The van der Waals surface area contributed by atoms with Crippen LogP contribution in [0.1, 0.15) is 41.6 Å². The molecule has 0 saturated carbocycles. The largest absolute Gasteiger partial charge is 0.497 e. The molecule has 1 heterocycles. The van der Waals surface area contributed by atoms with E-state index in [1.54, 1.807) is 25.3 Å². The molecule has 3 N–H and O–H groups in total. The molecule has 5 heteroatoms. The minimum Gasteiger partial charge on any atom is -0.497 e. The standard InChI is InChI=1S/C17H23N3O2/c1-10(2)20-11(3)8-14(12(20)4)17(21)19-16-9-13(22-5)6-7-15(16)18/h6-10H,18H2,1-5H3,(H,19,21). The van der Waals surface area contributed by atoms with Crippen LogP contribution < -0.4 is 15.8 Å². The summed E-state index contributed by atoms with van der Waals surface area (Å²) in [4.78, 5) is 12.6. The lowest BCUT2D eigenvalue weighted by atomic mass is 10.2. The Morgan fingerprint density at radius 2 is 1.95 bits per heavy atom. The predicted octanol–water partition coefficient (Wildman–Crippen LogP) is 3.53. The molecule has 0 spiro atoms. The van der Waals surface area contributed by atoms with Gasteiger partial charge in [-0.15, -0.1) is 0 Å². The molecule has 2 aromatic rings. The highest BCUT2D eigenvalue weighted by Gasteiger charge is 2.18. The van der Waals surface area contributed by atoms with Crippen LogP contribution in [0.5, 0.6) is 5.75 Å². The van der Waals surface area contributed by atoms with E-state index in [4.69, 9.17) is 10.5 Å². The van der Waals surface area contributed by atoms with Gasteiger partial charge in [0.15, 0.2) is 0 Å².